The monoisotopic (exact) mass is 391 g/mol. The molecule has 0 atom stereocenters. The number of hydrogen-bond donors (Lipinski definition) is 1. The molecule has 2 aromatic carbocycles. The third-order valence-electron chi connectivity index (χ3n) is 5.35. The highest BCUT2D eigenvalue weighted by molar-refractivity contribution is 6.27. The van der Waals surface area contributed by atoms with Crippen molar-refractivity contribution in [3.8, 4) is 5.75 Å². The van der Waals surface area contributed by atoms with Crippen LogP contribution in [0.4, 0.5) is 5.69 Å². The Morgan fingerprint density at radius 2 is 1.52 bits per heavy atom. The van der Waals surface area contributed by atoms with Crippen molar-refractivity contribution in [2.45, 2.75) is 6.92 Å². The summed E-state index contributed by atoms with van der Waals surface area (Å²) in [7, 11) is 2.06. The van der Waals surface area contributed by atoms with Crippen LogP contribution in [0.5, 0.6) is 5.75 Å². The summed E-state index contributed by atoms with van der Waals surface area (Å²) in [5, 5.41) is 3.23. The van der Waals surface area contributed by atoms with E-state index < -0.39 is 0 Å². The highest BCUT2D eigenvalue weighted by Crippen LogP contribution is 2.30. The zero-order valence-electron chi connectivity index (χ0n) is 16.8. The maximum atomic E-state index is 13.4. The van der Waals surface area contributed by atoms with Crippen molar-refractivity contribution in [3.05, 3.63) is 71.1 Å². The average Bonchev–Trinajstić information content (AvgIpc) is 2.74. The molecule has 0 amide bonds. The summed E-state index contributed by atoms with van der Waals surface area (Å²) >= 11 is 0. The number of carbonyl (C=O) groups is 2. The number of carbonyl (C=O) groups excluding carboxylic acids is 2. The van der Waals surface area contributed by atoms with Crippen molar-refractivity contribution < 1.29 is 14.3 Å². The first-order valence-electron chi connectivity index (χ1n) is 9.94. The summed E-state index contributed by atoms with van der Waals surface area (Å²) in [6.45, 7) is 5.65. The Kier molecular flexibility index (Phi) is 5.36. The van der Waals surface area contributed by atoms with E-state index in [1.165, 1.54) is 0 Å². The molecule has 1 heterocycles. The lowest BCUT2D eigenvalue weighted by Crippen LogP contribution is -2.47. The summed E-state index contributed by atoms with van der Waals surface area (Å²) in [6.07, 6.45) is 0. The number of ketones is 2. The highest BCUT2D eigenvalue weighted by Gasteiger charge is 2.36. The molecule has 1 fully saturated rings. The van der Waals surface area contributed by atoms with Crippen LogP contribution in [0.15, 0.2) is 59.9 Å². The summed E-state index contributed by atoms with van der Waals surface area (Å²) in [6, 6.07) is 14.5. The van der Waals surface area contributed by atoms with Gasteiger partial charge in [-0.05, 0) is 38.2 Å². The number of fused-ring (bicyclic) bond motifs is 1. The Morgan fingerprint density at radius 1 is 0.897 bits per heavy atom. The molecule has 0 bridgehead atoms. The minimum atomic E-state index is -0.150. The van der Waals surface area contributed by atoms with Gasteiger partial charge in [-0.25, -0.2) is 0 Å². The first kappa shape index (κ1) is 19.2. The maximum absolute atomic E-state index is 13.4. The molecule has 1 aliphatic heterocycles. The third kappa shape index (κ3) is 3.76. The van der Waals surface area contributed by atoms with Gasteiger partial charge >= 0.3 is 0 Å². The number of piperazine rings is 1. The molecule has 0 unspecified atom stereocenters. The van der Waals surface area contributed by atoms with E-state index in [0.29, 0.717) is 42.2 Å². The average molecular weight is 391 g/mol. The number of Topliss-reactive ketones (excluding diaryl/α,β-unsaturated/α-hetero) is 2. The van der Waals surface area contributed by atoms with Crippen molar-refractivity contribution in [1.29, 1.82) is 0 Å². The van der Waals surface area contributed by atoms with Gasteiger partial charge in [0.15, 0.2) is 0 Å². The van der Waals surface area contributed by atoms with Gasteiger partial charge in [-0.1, -0.05) is 24.3 Å². The normalized spacial score (nSPS) is 17.4. The summed E-state index contributed by atoms with van der Waals surface area (Å²) in [4.78, 5) is 30.9. The molecule has 150 valence electrons. The Bertz CT molecular complexity index is 958. The predicted molar refractivity (Wildman–Crippen MR) is 112 cm³/mol. The van der Waals surface area contributed by atoms with Crippen LogP contribution < -0.4 is 10.1 Å². The molecule has 29 heavy (non-hydrogen) atoms. The fourth-order valence-corrected chi connectivity index (χ4v) is 3.76. The highest BCUT2D eigenvalue weighted by atomic mass is 16.5. The first-order chi connectivity index (χ1) is 14.1. The molecule has 4 rings (SSSR count). The van der Waals surface area contributed by atoms with Gasteiger partial charge in [0.2, 0.25) is 11.6 Å². The Labute approximate surface area is 170 Å². The molecule has 1 saturated heterocycles. The van der Waals surface area contributed by atoms with Crippen LogP contribution in [0, 0.1) is 0 Å². The van der Waals surface area contributed by atoms with E-state index in [4.69, 9.17) is 4.74 Å². The molecule has 0 saturated carbocycles. The van der Waals surface area contributed by atoms with E-state index in [0.717, 1.165) is 24.5 Å². The molecular formula is C23H25N3O3. The van der Waals surface area contributed by atoms with Gasteiger partial charge in [0.25, 0.3) is 0 Å². The molecule has 2 aromatic rings. The van der Waals surface area contributed by atoms with Crippen LogP contribution in [0.1, 0.15) is 27.6 Å². The van der Waals surface area contributed by atoms with Gasteiger partial charge in [-0.2, -0.15) is 0 Å². The predicted octanol–water partition coefficient (Wildman–Crippen LogP) is 3.04. The Balaban J connectivity index is 1.73. The molecule has 0 radical (unpaired) electrons. The van der Waals surface area contributed by atoms with Gasteiger partial charge < -0.3 is 19.9 Å². The number of rotatable bonds is 5. The number of benzene rings is 2. The van der Waals surface area contributed by atoms with Crippen LogP contribution in [-0.2, 0) is 0 Å². The quantitative estimate of drug-likeness (QED) is 0.845. The molecule has 6 heteroatoms. The van der Waals surface area contributed by atoms with Crippen molar-refractivity contribution in [3.63, 3.8) is 0 Å². The molecule has 0 aromatic heterocycles. The summed E-state index contributed by atoms with van der Waals surface area (Å²) in [5.41, 5.74) is 2.49. The van der Waals surface area contributed by atoms with Crippen molar-refractivity contribution in [1.82, 2.24) is 9.80 Å². The van der Waals surface area contributed by atoms with Crippen LogP contribution in [0.2, 0.25) is 0 Å². The number of anilines is 1. The topological polar surface area (TPSA) is 61.9 Å². The fraction of sp³-hybridized carbons (Fsp3) is 0.304. The van der Waals surface area contributed by atoms with E-state index >= 15 is 0 Å². The van der Waals surface area contributed by atoms with Crippen LogP contribution in [-0.4, -0.2) is 61.2 Å². The van der Waals surface area contributed by atoms with E-state index in [2.05, 4.69) is 17.3 Å². The summed E-state index contributed by atoms with van der Waals surface area (Å²) in [5.74, 6) is 0.518. The Hall–Kier alpha value is -3.12. The lowest BCUT2D eigenvalue weighted by atomic mass is 9.89. The third-order valence-corrected chi connectivity index (χ3v) is 5.35. The van der Waals surface area contributed by atoms with Crippen LogP contribution in [0.3, 0.4) is 0 Å². The number of allylic oxidation sites excluding steroid dienone is 2. The molecule has 1 aliphatic carbocycles. The zero-order chi connectivity index (χ0) is 20.4. The number of ether oxygens (including phenoxy) is 1. The molecule has 0 spiro atoms. The lowest BCUT2D eigenvalue weighted by Gasteiger charge is -2.37. The smallest absolute Gasteiger partial charge is 0.212 e. The maximum Gasteiger partial charge on any atom is 0.212 e. The van der Waals surface area contributed by atoms with Gasteiger partial charge in [0.1, 0.15) is 17.1 Å². The molecule has 2 aliphatic rings. The van der Waals surface area contributed by atoms with Crippen LogP contribution in [0.25, 0.3) is 0 Å². The van der Waals surface area contributed by atoms with Crippen molar-refractivity contribution in [2.75, 3.05) is 45.2 Å². The van der Waals surface area contributed by atoms with Gasteiger partial charge in [-0.3, -0.25) is 9.59 Å². The minimum Gasteiger partial charge on any atom is -0.494 e. The van der Waals surface area contributed by atoms with Crippen molar-refractivity contribution in [2.24, 2.45) is 0 Å². The second-order valence-electron chi connectivity index (χ2n) is 7.30. The number of likely N-dealkylation sites (N-methyl/N-ethyl adjacent to an activating group) is 1. The van der Waals surface area contributed by atoms with Gasteiger partial charge in [-0.15, -0.1) is 0 Å². The van der Waals surface area contributed by atoms with Crippen molar-refractivity contribution >= 4 is 17.3 Å². The van der Waals surface area contributed by atoms with E-state index in [-0.39, 0.29) is 11.6 Å². The van der Waals surface area contributed by atoms with E-state index in [1.807, 2.05) is 36.1 Å². The number of nitrogens with one attached hydrogen (secondary N) is 1. The second kappa shape index (κ2) is 8.09. The SMILES string of the molecule is CCOc1ccc(NC2=C(N3CCN(C)CC3)C(=O)c3ccccc3C2=O)cc1. The summed E-state index contributed by atoms with van der Waals surface area (Å²) < 4.78 is 5.49. The fourth-order valence-electron chi connectivity index (χ4n) is 3.76. The van der Waals surface area contributed by atoms with E-state index in [1.54, 1.807) is 24.3 Å². The zero-order valence-corrected chi connectivity index (χ0v) is 16.8. The van der Waals surface area contributed by atoms with Crippen LogP contribution >= 0.6 is 0 Å². The second-order valence-corrected chi connectivity index (χ2v) is 7.30. The van der Waals surface area contributed by atoms with Gasteiger partial charge in [0.05, 0.1) is 6.61 Å². The lowest BCUT2D eigenvalue weighted by molar-refractivity contribution is 0.0917. The minimum absolute atomic E-state index is 0.0989. The first-order valence-corrected chi connectivity index (χ1v) is 9.94. The van der Waals surface area contributed by atoms with E-state index in [9.17, 15) is 9.59 Å². The molecule has 6 nitrogen and oxygen atoms in total. The number of hydrogen-bond acceptors (Lipinski definition) is 6. The van der Waals surface area contributed by atoms with Gasteiger partial charge in [0, 0.05) is 43.0 Å². The standard InChI is InChI=1S/C23H25N3O3/c1-3-29-17-10-8-16(9-11-17)24-20-21(26-14-12-25(2)13-15-26)23(28)19-7-5-4-6-18(19)22(20)27/h4-11,24H,3,12-15H2,1-2H3. The largest absolute Gasteiger partial charge is 0.494 e. The molecule has 1 N–H and O–H groups in total. The molecular weight excluding hydrogens is 366 g/mol. The number of nitrogens with zero attached hydrogens (tertiary/aromatic N) is 2. The Morgan fingerprint density at radius 3 is 2.14 bits per heavy atom.